The number of hydrogen-bond donors (Lipinski definition) is 3. The Balaban J connectivity index is 1.51. The monoisotopic (exact) mass is 426 g/mol. The van der Waals surface area contributed by atoms with E-state index in [0.717, 1.165) is 22.3 Å². The average molecular weight is 426 g/mol. The Bertz CT molecular complexity index is 915. The van der Waals surface area contributed by atoms with Crippen molar-refractivity contribution in [2.45, 2.75) is 31.4 Å². The average Bonchev–Trinajstić information content (AvgIpc) is 3.08. The third kappa shape index (κ3) is 5.40. The summed E-state index contributed by atoms with van der Waals surface area (Å²) in [6.07, 6.45) is -1.30. The molecule has 3 rings (SSSR count). The van der Waals surface area contributed by atoms with Crippen LogP contribution in [0.2, 0.25) is 0 Å². The molecule has 0 fully saturated rings. The highest BCUT2D eigenvalue weighted by Gasteiger charge is 2.29. The first-order valence-corrected chi connectivity index (χ1v) is 10.0. The number of aliphatic carboxylic acids is 1. The molecule has 8 heteroatoms. The number of carbonyl (C=O) groups excluding carboxylic acids is 2. The van der Waals surface area contributed by atoms with Crippen LogP contribution < -0.4 is 10.6 Å². The molecule has 0 saturated carbocycles. The lowest BCUT2D eigenvalue weighted by Gasteiger charge is -2.18. The maximum absolute atomic E-state index is 12.2. The molecule has 0 heterocycles. The summed E-state index contributed by atoms with van der Waals surface area (Å²) in [6, 6.07) is 15.1. The Morgan fingerprint density at radius 2 is 1.61 bits per heavy atom. The summed E-state index contributed by atoms with van der Waals surface area (Å²) < 4.78 is 10.7. The zero-order valence-electron chi connectivity index (χ0n) is 17.5. The number of ether oxygens (including phenoxy) is 2. The van der Waals surface area contributed by atoms with Gasteiger partial charge in [-0.15, -0.1) is 0 Å². The third-order valence-electron chi connectivity index (χ3n) is 5.31. The van der Waals surface area contributed by atoms with Gasteiger partial charge in [0.15, 0.2) is 0 Å². The molecule has 1 aliphatic rings. The van der Waals surface area contributed by atoms with Gasteiger partial charge in [0.2, 0.25) is 5.91 Å². The van der Waals surface area contributed by atoms with Gasteiger partial charge in [0, 0.05) is 19.6 Å². The molecule has 0 aromatic heterocycles. The molecule has 0 aliphatic heterocycles. The molecule has 164 valence electrons. The normalized spacial score (nSPS) is 14.1. The van der Waals surface area contributed by atoms with Crippen LogP contribution in [0.1, 0.15) is 30.4 Å². The van der Waals surface area contributed by atoms with E-state index in [2.05, 4.69) is 22.8 Å². The molecule has 0 saturated heterocycles. The van der Waals surface area contributed by atoms with Gasteiger partial charge in [0.05, 0.1) is 12.5 Å². The lowest BCUT2D eigenvalue weighted by atomic mass is 9.98. The molecular formula is C23H26N2O6. The number of alkyl carbamates (subject to hydrolysis) is 1. The van der Waals surface area contributed by atoms with Gasteiger partial charge < -0.3 is 25.2 Å². The second-order valence-electron chi connectivity index (χ2n) is 7.40. The minimum Gasteiger partial charge on any atom is -0.480 e. The smallest absolute Gasteiger partial charge is 0.407 e. The van der Waals surface area contributed by atoms with Crippen LogP contribution in [0.4, 0.5) is 4.79 Å². The summed E-state index contributed by atoms with van der Waals surface area (Å²) in [5.74, 6) is -1.64. The minimum absolute atomic E-state index is 0.0420. The number of carboxylic acids is 1. The number of methoxy groups -OCH3 is 1. The van der Waals surface area contributed by atoms with Crippen LogP contribution in [0.5, 0.6) is 0 Å². The Morgan fingerprint density at radius 1 is 1.03 bits per heavy atom. The highest BCUT2D eigenvalue weighted by molar-refractivity contribution is 5.83. The molecule has 0 radical (unpaired) electrons. The zero-order valence-corrected chi connectivity index (χ0v) is 17.5. The summed E-state index contributed by atoms with van der Waals surface area (Å²) >= 11 is 0. The Kier molecular flexibility index (Phi) is 7.25. The summed E-state index contributed by atoms with van der Waals surface area (Å²) in [5.41, 5.74) is 4.53. The first-order valence-electron chi connectivity index (χ1n) is 10.0. The number of fused-ring (bicyclic) bond motifs is 3. The lowest BCUT2D eigenvalue weighted by molar-refractivity contribution is -0.141. The Morgan fingerprint density at radius 3 is 2.16 bits per heavy atom. The predicted molar refractivity (Wildman–Crippen MR) is 114 cm³/mol. The molecule has 2 atom stereocenters. The van der Waals surface area contributed by atoms with E-state index < -0.39 is 30.1 Å². The Labute approximate surface area is 180 Å². The summed E-state index contributed by atoms with van der Waals surface area (Å²) in [5, 5.41) is 13.8. The van der Waals surface area contributed by atoms with E-state index in [1.54, 1.807) is 0 Å². The van der Waals surface area contributed by atoms with Crippen LogP contribution >= 0.6 is 0 Å². The largest absolute Gasteiger partial charge is 0.480 e. The van der Waals surface area contributed by atoms with Gasteiger partial charge in [-0.2, -0.15) is 0 Å². The quantitative estimate of drug-likeness (QED) is 0.568. The highest BCUT2D eigenvalue weighted by atomic mass is 16.5. The molecule has 0 bridgehead atoms. The number of carboxylic acid groups (broad SMARTS) is 1. The maximum atomic E-state index is 12.2. The van der Waals surface area contributed by atoms with Crippen LogP contribution in [0.3, 0.4) is 0 Å². The number of hydrogen-bond acceptors (Lipinski definition) is 5. The van der Waals surface area contributed by atoms with Crippen LogP contribution in [-0.2, 0) is 19.1 Å². The number of nitrogens with one attached hydrogen (secondary N) is 2. The topological polar surface area (TPSA) is 114 Å². The molecule has 2 aromatic rings. The van der Waals surface area contributed by atoms with Gasteiger partial charge in [-0.3, -0.25) is 9.59 Å². The van der Waals surface area contributed by atoms with Crippen molar-refractivity contribution in [3.05, 3.63) is 59.7 Å². The number of amides is 2. The fraction of sp³-hybridized carbons (Fsp3) is 0.348. The molecule has 0 spiro atoms. The first-order chi connectivity index (χ1) is 14.9. The lowest BCUT2D eigenvalue weighted by Crippen LogP contribution is -2.42. The van der Waals surface area contributed by atoms with E-state index in [9.17, 15) is 14.4 Å². The summed E-state index contributed by atoms with van der Waals surface area (Å²) in [6.45, 7) is 1.62. The molecule has 1 aliphatic carbocycles. The molecule has 8 nitrogen and oxygen atoms in total. The van der Waals surface area contributed by atoms with Gasteiger partial charge in [0.1, 0.15) is 12.6 Å². The Hall–Kier alpha value is -3.39. The molecular weight excluding hydrogens is 400 g/mol. The van der Waals surface area contributed by atoms with E-state index in [0.29, 0.717) is 0 Å². The summed E-state index contributed by atoms with van der Waals surface area (Å²) in [4.78, 5) is 35.0. The van der Waals surface area contributed by atoms with Crippen LogP contribution in [0, 0.1) is 0 Å². The van der Waals surface area contributed by atoms with Crippen LogP contribution in [0.25, 0.3) is 11.1 Å². The minimum atomic E-state index is -1.13. The van der Waals surface area contributed by atoms with Gasteiger partial charge in [-0.05, 0) is 29.2 Å². The molecule has 2 amide bonds. The van der Waals surface area contributed by atoms with Crippen molar-refractivity contribution in [3.8, 4) is 11.1 Å². The van der Waals surface area contributed by atoms with Crippen molar-refractivity contribution in [2.24, 2.45) is 0 Å². The second-order valence-corrected chi connectivity index (χ2v) is 7.40. The predicted octanol–water partition coefficient (Wildman–Crippen LogP) is 2.52. The van der Waals surface area contributed by atoms with Crippen molar-refractivity contribution < 1.29 is 29.0 Å². The van der Waals surface area contributed by atoms with Gasteiger partial charge in [-0.25, -0.2) is 4.79 Å². The van der Waals surface area contributed by atoms with E-state index >= 15 is 0 Å². The van der Waals surface area contributed by atoms with Crippen molar-refractivity contribution >= 4 is 18.0 Å². The number of benzene rings is 2. The van der Waals surface area contributed by atoms with E-state index in [1.807, 2.05) is 36.4 Å². The second kappa shape index (κ2) is 10.1. The first kappa shape index (κ1) is 22.3. The van der Waals surface area contributed by atoms with Gasteiger partial charge in [-0.1, -0.05) is 48.5 Å². The molecule has 1 unspecified atom stereocenters. The highest BCUT2D eigenvalue weighted by Crippen LogP contribution is 2.44. The fourth-order valence-electron chi connectivity index (χ4n) is 3.65. The number of rotatable bonds is 9. The number of carbonyl (C=O) groups is 3. The molecule has 2 aromatic carbocycles. The van der Waals surface area contributed by atoms with Crippen LogP contribution in [0.15, 0.2) is 48.5 Å². The van der Waals surface area contributed by atoms with E-state index in [1.165, 1.54) is 14.0 Å². The van der Waals surface area contributed by atoms with E-state index in [4.69, 9.17) is 14.6 Å². The van der Waals surface area contributed by atoms with Gasteiger partial charge in [0.25, 0.3) is 0 Å². The van der Waals surface area contributed by atoms with Crippen molar-refractivity contribution in [2.75, 3.05) is 20.3 Å². The maximum Gasteiger partial charge on any atom is 0.407 e. The van der Waals surface area contributed by atoms with Crippen molar-refractivity contribution in [3.63, 3.8) is 0 Å². The van der Waals surface area contributed by atoms with Gasteiger partial charge >= 0.3 is 12.1 Å². The molecule has 31 heavy (non-hydrogen) atoms. The fourth-order valence-corrected chi connectivity index (χ4v) is 3.65. The zero-order chi connectivity index (χ0) is 22.4. The van der Waals surface area contributed by atoms with Crippen LogP contribution in [-0.4, -0.2) is 55.5 Å². The van der Waals surface area contributed by atoms with Crippen molar-refractivity contribution in [1.82, 2.24) is 10.6 Å². The SMILES string of the molecule is COC(CNC(=O)OCC1c2ccccc2-c2ccccc21)CC(=O)N[C@@H](C)C(=O)O. The standard InChI is InChI=1S/C23H26N2O6/c1-14(22(27)28)25-21(26)11-15(30-2)12-24-23(29)31-13-20-18-9-5-3-7-16(18)17-8-4-6-10-19(17)20/h3-10,14-15,20H,11-13H2,1-2H3,(H,24,29)(H,25,26)(H,27,28)/t14-,15?/m0/s1. The molecule has 3 N–H and O–H groups in total. The van der Waals surface area contributed by atoms with E-state index in [-0.39, 0.29) is 25.5 Å². The summed E-state index contributed by atoms with van der Waals surface area (Å²) in [7, 11) is 1.41. The third-order valence-corrected chi connectivity index (χ3v) is 5.31. The van der Waals surface area contributed by atoms with Crippen molar-refractivity contribution in [1.29, 1.82) is 0 Å².